The second-order valence-corrected chi connectivity index (χ2v) is 19.4. The Bertz CT molecular complexity index is 2660. The second-order valence-electron chi connectivity index (χ2n) is 19.4. The summed E-state index contributed by atoms with van der Waals surface area (Å²) >= 11 is 0. The zero-order valence-electron chi connectivity index (χ0n) is 44.4. The van der Waals surface area contributed by atoms with Crippen LogP contribution in [0.25, 0.3) is 23.3 Å². The van der Waals surface area contributed by atoms with Crippen LogP contribution >= 0.6 is 0 Å². The highest BCUT2D eigenvalue weighted by atomic mass is 19.4. The maximum atomic E-state index is 12.4. The number of alkyl halides is 3. The number of nitrogens with zero attached hydrogens (tertiary/aromatic N) is 2. The van der Waals surface area contributed by atoms with E-state index < -0.39 is 42.8 Å². The summed E-state index contributed by atoms with van der Waals surface area (Å²) in [6, 6.07) is 13.2. The summed E-state index contributed by atoms with van der Waals surface area (Å²) in [5, 5.41) is 0. The van der Waals surface area contributed by atoms with Gasteiger partial charge in [-0.05, 0) is 35.9 Å². The van der Waals surface area contributed by atoms with Crippen LogP contribution in [0.4, 0.5) is 18.9 Å². The zero-order valence-corrected chi connectivity index (χ0v) is 44.4. The molecule has 0 aliphatic heterocycles. The van der Waals surface area contributed by atoms with Crippen molar-refractivity contribution in [1.29, 1.82) is 0 Å². The van der Waals surface area contributed by atoms with Gasteiger partial charge in [-0.25, -0.2) is 4.98 Å². The molecular weight excluding hydrogens is 1020 g/mol. The monoisotopic (exact) mass is 1090 g/mol. The van der Waals surface area contributed by atoms with Crippen LogP contribution in [0.1, 0.15) is 178 Å². The molecule has 1 heterocycles. The van der Waals surface area contributed by atoms with E-state index >= 15 is 0 Å². The van der Waals surface area contributed by atoms with Crippen LogP contribution in [0.2, 0.25) is 0 Å². The van der Waals surface area contributed by atoms with Crippen molar-refractivity contribution in [2.75, 3.05) is 25.6 Å². The number of Topliss-reactive ketones (excluding diaryl/α,β-unsaturated/α-hetero) is 13. The molecule has 0 aliphatic rings. The van der Waals surface area contributed by atoms with Gasteiger partial charge in [-0.3, -0.25) is 62.3 Å². The summed E-state index contributed by atoms with van der Waals surface area (Å²) in [5.74, 6) is -4.37. The Morgan fingerprint density at radius 3 is 1.05 bits per heavy atom. The van der Waals surface area contributed by atoms with Crippen molar-refractivity contribution >= 4 is 104 Å². The van der Waals surface area contributed by atoms with E-state index in [2.05, 4.69) is 4.98 Å². The third-order valence-electron chi connectivity index (χ3n) is 12.4. The largest absolute Gasteiger partial charge is 0.493 e. The van der Waals surface area contributed by atoms with Crippen LogP contribution in [0, 0.1) is 0 Å². The highest BCUT2D eigenvalue weighted by Gasteiger charge is 2.31. The summed E-state index contributed by atoms with van der Waals surface area (Å²) < 4.78 is 48.2. The lowest BCUT2D eigenvalue weighted by Gasteiger charge is -2.11. The number of carbonyl (C=O) groups excluding carboxylic acids is 13. The first-order valence-electron chi connectivity index (χ1n) is 26.2. The highest BCUT2D eigenvalue weighted by Crippen LogP contribution is 2.24. The van der Waals surface area contributed by atoms with Gasteiger partial charge in [-0.1, -0.05) is 12.1 Å². The van der Waals surface area contributed by atoms with E-state index in [9.17, 15) is 75.5 Å². The van der Waals surface area contributed by atoms with Gasteiger partial charge in [0.2, 0.25) is 5.89 Å². The van der Waals surface area contributed by atoms with Gasteiger partial charge in [0.25, 0.3) is 0 Å². The van der Waals surface area contributed by atoms with Crippen molar-refractivity contribution < 1.29 is 84.7 Å². The van der Waals surface area contributed by atoms with Gasteiger partial charge in [0.05, 0.1) is 6.61 Å². The number of rotatable bonds is 44. The Kier molecular flexibility index (Phi) is 28.8. The van der Waals surface area contributed by atoms with E-state index in [0.29, 0.717) is 22.7 Å². The lowest BCUT2D eigenvalue weighted by Crippen LogP contribution is -2.16. The molecule has 0 bridgehead atoms. The lowest BCUT2D eigenvalue weighted by atomic mass is 9.99. The number of anilines is 1. The van der Waals surface area contributed by atoms with E-state index in [0.717, 1.165) is 11.3 Å². The maximum Gasteiger partial charge on any atom is 0.395 e. The van der Waals surface area contributed by atoms with Gasteiger partial charge in [-0.2, -0.15) is 13.2 Å². The number of benzene rings is 2. The fourth-order valence-corrected chi connectivity index (χ4v) is 7.58. The summed E-state index contributed by atoms with van der Waals surface area (Å²) in [4.78, 5) is 165. The van der Waals surface area contributed by atoms with Crippen molar-refractivity contribution in [1.82, 2.24) is 4.98 Å². The van der Waals surface area contributed by atoms with Crippen molar-refractivity contribution in [2.45, 2.75) is 173 Å². The molecule has 78 heavy (non-hydrogen) atoms. The minimum Gasteiger partial charge on any atom is -0.493 e. The quantitative estimate of drug-likeness (QED) is 0.0510. The van der Waals surface area contributed by atoms with Crippen LogP contribution in [-0.4, -0.2) is 107 Å². The Labute approximate surface area is 450 Å². The SMILES string of the molecule is CN(C)c1ccc(C=Cc2nc3ccc(OCCC(=O)CCC(=O)CCC(=O)CCC(=O)CCC(=O)CCC(=O)CCC(=O)CCC(=O)CCC(=O)CCC(=O)CCC(=O)CCC(=O)CCC(=O)CC(F)(F)F)cc3o2)cc1. The molecule has 422 valence electrons. The van der Waals surface area contributed by atoms with Crippen molar-refractivity contribution in [2.24, 2.45) is 0 Å². The average Bonchev–Trinajstić information content (AvgIpc) is 3.81. The molecule has 17 nitrogen and oxygen atoms in total. The number of halogens is 3. The van der Waals surface area contributed by atoms with E-state index in [1.165, 1.54) is 0 Å². The molecule has 2 aromatic carbocycles. The second kappa shape index (κ2) is 34.5. The highest BCUT2D eigenvalue weighted by molar-refractivity contribution is 5.95. The molecule has 0 saturated heterocycles. The number of ether oxygens (including phenoxy) is 1. The third kappa shape index (κ3) is 29.3. The summed E-state index contributed by atoms with van der Waals surface area (Å²) in [5.41, 5.74) is 3.25. The first-order valence-corrected chi connectivity index (χ1v) is 26.2. The van der Waals surface area contributed by atoms with E-state index in [4.69, 9.17) is 9.15 Å². The summed E-state index contributed by atoms with van der Waals surface area (Å²) in [6.07, 6.45) is -6.46. The number of fused-ring (bicyclic) bond motifs is 1. The van der Waals surface area contributed by atoms with Crippen LogP contribution < -0.4 is 9.64 Å². The number of oxazole rings is 1. The van der Waals surface area contributed by atoms with Crippen molar-refractivity contribution in [3.63, 3.8) is 0 Å². The first kappa shape index (κ1) is 65.0. The van der Waals surface area contributed by atoms with Gasteiger partial charge in [0.1, 0.15) is 92.9 Å². The molecule has 0 radical (unpaired) electrons. The predicted octanol–water partition coefficient (Wildman–Crippen LogP) is 9.55. The molecule has 0 unspecified atom stereocenters. The molecule has 0 aliphatic carbocycles. The van der Waals surface area contributed by atoms with Gasteiger partial charge in [0, 0.05) is 192 Å². The van der Waals surface area contributed by atoms with Gasteiger partial charge >= 0.3 is 6.18 Å². The Morgan fingerprint density at radius 2 is 0.744 bits per heavy atom. The fraction of sp³-hybridized carbons (Fsp3) is 0.517. The van der Waals surface area contributed by atoms with Crippen LogP contribution in [0.3, 0.4) is 0 Å². The average molecular weight is 1090 g/mol. The molecule has 0 atom stereocenters. The number of hydrogen-bond acceptors (Lipinski definition) is 17. The van der Waals surface area contributed by atoms with Crippen molar-refractivity contribution in [3.8, 4) is 5.75 Å². The van der Waals surface area contributed by atoms with E-state index in [1.807, 2.05) is 49.3 Å². The van der Waals surface area contributed by atoms with Crippen LogP contribution in [0.5, 0.6) is 5.75 Å². The van der Waals surface area contributed by atoms with Crippen LogP contribution in [-0.2, 0) is 62.3 Å². The standard InChI is InChI=1S/C58H69F3N2O15/c1-63(2)40-6-3-39(4-7-40)5-34-57-62-55-33-32-54(37-56(55)78-57)77-36-35-52(75)29-28-50(73)25-24-48(71)21-20-46(69)17-16-44(67)13-12-42(65)9-8-41(64)10-11-43(66)14-15-45(68)18-19-47(70)22-23-49(72)26-27-51(74)30-31-53(76)38-58(59,60)61/h3-7,32-34,37H,8-31,35-36,38H2,1-2H3. The molecule has 0 saturated carbocycles. The summed E-state index contributed by atoms with van der Waals surface area (Å²) in [6.45, 7) is 0.0939. The number of carbonyl (C=O) groups is 13. The van der Waals surface area contributed by atoms with Crippen molar-refractivity contribution in [3.05, 3.63) is 53.9 Å². The number of hydrogen-bond donors (Lipinski definition) is 0. The molecular formula is C58H69F3N2O15. The first-order chi connectivity index (χ1) is 36.9. The normalized spacial score (nSPS) is 11.3. The molecule has 0 spiro atoms. The smallest absolute Gasteiger partial charge is 0.395 e. The van der Waals surface area contributed by atoms with Gasteiger partial charge < -0.3 is 14.1 Å². The molecule has 0 fully saturated rings. The maximum absolute atomic E-state index is 12.4. The molecule has 0 N–H and O–H groups in total. The molecule has 20 heteroatoms. The van der Waals surface area contributed by atoms with Gasteiger partial charge in [-0.15, -0.1) is 0 Å². The molecule has 0 amide bonds. The Balaban J connectivity index is 1.15. The van der Waals surface area contributed by atoms with E-state index in [1.54, 1.807) is 24.3 Å². The third-order valence-corrected chi connectivity index (χ3v) is 12.4. The molecule has 3 aromatic rings. The number of aromatic nitrogens is 1. The minimum atomic E-state index is -4.66. The minimum absolute atomic E-state index is 0.00118. The van der Waals surface area contributed by atoms with E-state index in [-0.39, 0.29) is 212 Å². The fourth-order valence-electron chi connectivity index (χ4n) is 7.58. The lowest BCUT2D eigenvalue weighted by molar-refractivity contribution is -0.153. The Morgan fingerprint density at radius 1 is 0.436 bits per heavy atom. The molecule has 1 aromatic heterocycles. The van der Waals surface area contributed by atoms with Crippen LogP contribution in [0.15, 0.2) is 46.9 Å². The topological polar surface area (TPSA) is 260 Å². The summed E-state index contributed by atoms with van der Waals surface area (Å²) in [7, 11) is 3.94. The molecule has 3 rings (SSSR count). The predicted molar refractivity (Wildman–Crippen MR) is 280 cm³/mol. The zero-order chi connectivity index (χ0) is 57.6. The van der Waals surface area contributed by atoms with Gasteiger partial charge in [0.15, 0.2) is 5.58 Å². The Hall–Kier alpha value is -7.25. The number of ketones is 13.